The first kappa shape index (κ1) is 26.1. The molecule has 0 unspecified atom stereocenters. The van der Waals surface area contributed by atoms with Gasteiger partial charge >= 0.3 is 7.82 Å². The Labute approximate surface area is 162 Å². The third-order valence-electron chi connectivity index (χ3n) is 4.89. The number of nitrogens with two attached hydrogens (primary N) is 1. The van der Waals surface area contributed by atoms with Crippen molar-refractivity contribution >= 4 is 7.82 Å². The summed E-state index contributed by atoms with van der Waals surface area (Å²) >= 11 is 0. The van der Waals surface area contributed by atoms with Crippen LogP contribution in [0.15, 0.2) is 0 Å². The molecular formula is C20H44NO4P. The molecule has 0 spiro atoms. The summed E-state index contributed by atoms with van der Waals surface area (Å²) in [6, 6.07) is -0.203. The van der Waals surface area contributed by atoms with E-state index in [1.54, 1.807) is 0 Å². The molecule has 2 N–H and O–H groups in total. The molecule has 158 valence electrons. The van der Waals surface area contributed by atoms with Crippen LogP contribution >= 0.6 is 7.82 Å². The van der Waals surface area contributed by atoms with Gasteiger partial charge < -0.3 is 5.73 Å². The Bertz CT molecular complexity index is 345. The summed E-state index contributed by atoms with van der Waals surface area (Å²) < 4.78 is 27.3. The Morgan fingerprint density at radius 1 is 0.769 bits per heavy atom. The van der Waals surface area contributed by atoms with E-state index < -0.39 is 7.82 Å². The summed E-state index contributed by atoms with van der Waals surface area (Å²) in [7, 11) is -0.803. The van der Waals surface area contributed by atoms with Gasteiger partial charge in [0.2, 0.25) is 0 Å². The van der Waals surface area contributed by atoms with E-state index in [0.717, 1.165) is 19.3 Å². The van der Waals surface area contributed by atoms with Crippen molar-refractivity contribution in [2.75, 3.05) is 14.2 Å². The van der Waals surface area contributed by atoms with Crippen molar-refractivity contribution in [1.29, 1.82) is 0 Å². The first-order valence-electron chi connectivity index (χ1n) is 10.6. The van der Waals surface area contributed by atoms with Crippen molar-refractivity contribution in [2.24, 2.45) is 5.73 Å². The lowest BCUT2D eigenvalue weighted by atomic mass is 10.0. The zero-order valence-corrected chi connectivity index (χ0v) is 18.6. The molecule has 0 aromatic heterocycles. The van der Waals surface area contributed by atoms with E-state index >= 15 is 0 Å². The molecule has 0 aliphatic rings. The fourth-order valence-corrected chi connectivity index (χ4v) is 4.05. The molecule has 0 saturated heterocycles. The second-order valence-electron chi connectivity index (χ2n) is 7.35. The first-order valence-corrected chi connectivity index (χ1v) is 12.1. The van der Waals surface area contributed by atoms with Crippen LogP contribution in [0, 0.1) is 0 Å². The van der Waals surface area contributed by atoms with Gasteiger partial charge in [0, 0.05) is 20.3 Å². The van der Waals surface area contributed by atoms with Crippen molar-refractivity contribution in [3.05, 3.63) is 0 Å². The van der Waals surface area contributed by atoms with Crippen LogP contribution in [0.25, 0.3) is 0 Å². The average molecular weight is 394 g/mol. The summed E-state index contributed by atoms with van der Waals surface area (Å²) in [5, 5.41) is 0. The van der Waals surface area contributed by atoms with Gasteiger partial charge in [-0.15, -0.1) is 0 Å². The number of unbranched alkanes of at least 4 members (excludes halogenated alkanes) is 12. The Hall–Kier alpha value is 0.0700. The maximum atomic E-state index is 12.1. The maximum Gasteiger partial charge on any atom is 0.474 e. The zero-order chi connectivity index (χ0) is 19.7. The summed E-state index contributed by atoms with van der Waals surface area (Å²) in [5.41, 5.74) is 5.94. The van der Waals surface area contributed by atoms with E-state index in [1.807, 2.05) is 6.92 Å². The lowest BCUT2D eigenvalue weighted by Gasteiger charge is -2.24. The fraction of sp³-hybridized carbons (Fsp3) is 1.00. The molecule has 6 heteroatoms. The van der Waals surface area contributed by atoms with Gasteiger partial charge in [-0.05, 0) is 13.3 Å². The van der Waals surface area contributed by atoms with Crippen LogP contribution in [0.2, 0.25) is 0 Å². The lowest BCUT2D eigenvalue weighted by Crippen LogP contribution is -2.33. The highest BCUT2D eigenvalue weighted by Crippen LogP contribution is 2.49. The molecule has 0 aromatic carbocycles. The van der Waals surface area contributed by atoms with Crippen molar-refractivity contribution in [3.8, 4) is 0 Å². The minimum absolute atomic E-state index is 0.203. The van der Waals surface area contributed by atoms with E-state index in [2.05, 4.69) is 6.92 Å². The van der Waals surface area contributed by atoms with Gasteiger partial charge in [0.25, 0.3) is 0 Å². The SMILES string of the molecule is CCCCCCCCCCCCCCC[C@@H](OP(=O)(OC)OC)[C@H](C)N. The Balaban J connectivity index is 3.61. The van der Waals surface area contributed by atoms with Crippen LogP contribution in [-0.4, -0.2) is 26.4 Å². The largest absolute Gasteiger partial charge is 0.474 e. The van der Waals surface area contributed by atoms with Crippen LogP contribution in [-0.2, 0) is 18.1 Å². The molecule has 26 heavy (non-hydrogen) atoms. The molecule has 0 saturated carbocycles. The van der Waals surface area contributed by atoms with E-state index in [1.165, 1.54) is 84.8 Å². The van der Waals surface area contributed by atoms with Crippen LogP contribution in [0.4, 0.5) is 0 Å². The molecule has 2 atom stereocenters. The van der Waals surface area contributed by atoms with E-state index in [4.69, 9.17) is 19.3 Å². The third-order valence-corrected chi connectivity index (χ3v) is 6.31. The molecule has 0 aromatic rings. The maximum absolute atomic E-state index is 12.1. The summed E-state index contributed by atoms with van der Waals surface area (Å²) in [6.45, 7) is 4.13. The van der Waals surface area contributed by atoms with Gasteiger partial charge in [-0.3, -0.25) is 13.6 Å². The summed E-state index contributed by atoms with van der Waals surface area (Å²) in [4.78, 5) is 0. The number of phosphoric acid groups is 1. The van der Waals surface area contributed by atoms with Crippen molar-refractivity contribution in [2.45, 2.75) is 116 Å². The number of rotatable bonds is 19. The second kappa shape index (κ2) is 17.2. The van der Waals surface area contributed by atoms with Crippen LogP contribution in [0.5, 0.6) is 0 Å². The summed E-state index contributed by atoms with van der Waals surface area (Å²) in [5.74, 6) is 0. The third kappa shape index (κ3) is 14.2. The molecule has 0 aliphatic heterocycles. The van der Waals surface area contributed by atoms with E-state index in [0.29, 0.717) is 0 Å². The molecule has 5 nitrogen and oxygen atoms in total. The minimum atomic E-state index is -3.46. The molecule has 0 radical (unpaired) electrons. The highest BCUT2D eigenvalue weighted by atomic mass is 31.2. The fourth-order valence-electron chi connectivity index (χ4n) is 3.10. The monoisotopic (exact) mass is 393 g/mol. The van der Waals surface area contributed by atoms with E-state index in [9.17, 15) is 4.57 Å². The second-order valence-corrected chi connectivity index (χ2v) is 9.18. The quantitative estimate of drug-likeness (QED) is 0.198. The van der Waals surface area contributed by atoms with Gasteiger partial charge in [0.1, 0.15) is 0 Å². The zero-order valence-electron chi connectivity index (χ0n) is 17.7. The number of hydrogen-bond acceptors (Lipinski definition) is 5. The Morgan fingerprint density at radius 2 is 1.15 bits per heavy atom. The van der Waals surface area contributed by atoms with Gasteiger partial charge in [0.15, 0.2) is 0 Å². The molecule has 0 rings (SSSR count). The molecule has 0 heterocycles. The molecule has 0 bridgehead atoms. The average Bonchev–Trinajstić information content (AvgIpc) is 2.64. The van der Waals surface area contributed by atoms with Crippen molar-refractivity contribution in [3.63, 3.8) is 0 Å². The Morgan fingerprint density at radius 3 is 1.50 bits per heavy atom. The van der Waals surface area contributed by atoms with Crippen LogP contribution in [0.1, 0.15) is 104 Å². The Kier molecular flexibility index (Phi) is 17.2. The van der Waals surface area contributed by atoms with Gasteiger partial charge in [-0.2, -0.15) is 0 Å². The molecule has 0 amide bonds. The lowest BCUT2D eigenvalue weighted by molar-refractivity contribution is 0.0862. The highest BCUT2D eigenvalue weighted by Gasteiger charge is 2.29. The standard InChI is InChI=1S/C20H44NO4P/c1-5-6-7-8-9-10-11-12-13-14-15-16-17-18-20(19(2)21)25-26(22,23-3)24-4/h19-20H,5-18,21H2,1-4H3/t19-,20+/m0/s1. The number of hydrogen-bond donors (Lipinski definition) is 1. The topological polar surface area (TPSA) is 70.8 Å². The predicted molar refractivity (Wildman–Crippen MR) is 110 cm³/mol. The minimum Gasteiger partial charge on any atom is -0.326 e. The van der Waals surface area contributed by atoms with Crippen molar-refractivity contribution < 1.29 is 18.1 Å². The van der Waals surface area contributed by atoms with Crippen LogP contribution < -0.4 is 5.73 Å². The van der Waals surface area contributed by atoms with Gasteiger partial charge in [-0.1, -0.05) is 90.4 Å². The molecule has 0 aliphatic carbocycles. The van der Waals surface area contributed by atoms with Crippen molar-refractivity contribution in [1.82, 2.24) is 0 Å². The molecular weight excluding hydrogens is 349 g/mol. The smallest absolute Gasteiger partial charge is 0.326 e. The normalized spacial score (nSPS) is 14.5. The highest BCUT2D eigenvalue weighted by molar-refractivity contribution is 7.48. The molecule has 0 fully saturated rings. The first-order chi connectivity index (χ1) is 12.5. The van der Waals surface area contributed by atoms with Gasteiger partial charge in [0.05, 0.1) is 6.10 Å². The van der Waals surface area contributed by atoms with Crippen LogP contribution in [0.3, 0.4) is 0 Å². The van der Waals surface area contributed by atoms with Gasteiger partial charge in [-0.25, -0.2) is 4.57 Å². The number of phosphoric ester groups is 1. The predicted octanol–water partition coefficient (Wildman–Crippen LogP) is 6.60. The summed E-state index contributed by atoms with van der Waals surface area (Å²) in [6.07, 6.45) is 17.7. The van der Waals surface area contributed by atoms with E-state index in [-0.39, 0.29) is 12.1 Å².